The fourth-order valence-corrected chi connectivity index (χ4v) is 3.19. The SMILES string of the molecule is COc1ccccc1NC(=O)Cc1nnc2c(-c3nc(C4CC4)no3)cccn12. The van der Waals surface area contributed by atoms with E-state index in [1.54, 1.807) is 23.6 Å². The molecule has 0 radical (unpaired) electrons. The van der Waals surface area contributed by atoms with Crippen LogP contribution < -0.4 is 10.1 Å². The average molecular weight is 390 g/mol. The van der Waals surface area contributed by atoms with Crippen LogP contribution >= 0.6 is 0 Å². The van der Waals surface area contributed by atoms with Crippen LogP contribution in [0.1, 0.15) is 30.4 Å². The van der Waals surface area contributed by atoms with Crippen molar-refractivity contribution in [3.63, 3.8) is 0 Å². The number of carbonyl (C=O) groups excluding carboxylic acids is 1. The number of nitrogens with one attached hydrogen (secondary N) is 1. The fraction of sp³-hybridized carbons (Fsp3) is 0.250. The number of carbonyl (C=O) groups is 1. The minimum atomic E-state index is -0.219. The van der Waals surface area contributed by atoms with Crippen LogP contribution in [0.4, 0.5) is 5.69 Å². The number of methoxy groups -OCH3 is 1. The zero-order valence-electron chi connectivity index (χ0n) is 15.7. The van der Waals surface area contributed by atoms with Crippen LogP contribution in [0.5, 0.6) is 5.75 Å². The van der Waals surface area contributed by atoms with Gasteiger partial charge in [-0.1, -0.05) is 17.3 Å². The number of hydrogen-bond donors (Lipinski definition) is 1. The van der Waals surface area contributed by atoms with Gasteiger partial charge in [-0.3, -0.25) is 9.20 Å². The molecule has 1 N–H and O–H groups in total. The molecule has 1 saturated carbocycles. The lowest BCUT2D eigenvalue weighted by atomic mass is 10.2. The molecule has 0 spiro atoms. The van der Waals surface area contributed by atoms with Crippen molar-refractivity contribution in [3.8, 4) is 17.2 Å². The Balaban J connectivity index is 1.40. The maximum Gasteiger partial charge on any atom is 0.261 e. The molecule has 1 amide bonds. The monoisotopic (exact) mass is 390 g/mol. The number of pyridine rings is 1. The quantitative estimate of drug-likeness (QED) is 0.539. The summed E-state index contributed by atoms with van der Waals surface area (Å²) in [5, 5.41) is 15.3. The molecule has 1 aliphatic rings. The van der Waals surface area contributed by atoms with E-state index < -0.39 is 0 Å². The summed E-state index contributed by atoms with van der Waals surface area (Å²) in [7, 11) is 1.56. The Morgan fingerprint density at radius 2 is 2.10 bits per heavy atom. The number of rotatable bonds is 6. The highest BCUT2D eigenvalue weighted by molar-refractivity contribution is 5.93. The number of benzene rings is 1. The van der Waals surface area contributed by atoms with Crippen molar-refractivity contribution >= 4 is 17.2 Å². The maximum absolute atomic E-state index is 12.5. The molecule has 0 unspecified atom stereocenters. The molecule has 4 aromatic rings. The van der Waals surface area contributed by atoms with Gasteiger partial charge >= 0.3 is 0 Å². The zero-order chi connectivity index (χ0) is 19.8. The van der Waals surface area contributed by atoms with Crippen molar-refractivity contribution in [2.45, 2.75) is 25.2 Å². The highest BCUT2D eigenvalue weighted by Gasteiger charge is 2.29. The molecular weight excluding hydrogens is 372 g/mol. The number of aromatic nitrogens is 5. The van der Waals surface area contributed by atoms with Crippen LogP contribution in [0.15, 0.2) is 47.1 Å². The van der Waals surface area contributed by atoms with Crippen LogP contribution in [-0.2, 0) is 11.2 Å². The number of hydrogen-bond acceptors (Lipinski definition) is 7. The average Bonchev–Trinajstić information content (AvgIpc) is 3.33. The van der Waals surface area contributed by atoms with Crippen LogP contribution in [-0.4, -0.2) is 37.8 Å². The highest BCUT2D eigenvalue weighted by atomic mass is 16.5. The second-order valence-corrected chi connectivity index (χ2v) is 6.89. The first-order valence-electron chi connectivity index (χ1n) is 9.32. The predicted molar refractivity (Wildman–Crippen MR) is 104 cm³/mol. The van der Waals surface area contributed by atoms with Gasteiger partial charge < -0.3 is 14.6 Å². The molecule has 3 aromatic heterocycles. The predicted octanol–water partition coefficient (Wildman–Crippen LogP) is 2.85. The third-order valence-corrected chi connectivity index (χ3v) is 4.82. The van der Waals surface area contributed by atoms with Gasteiger partial charge in [0.1, 0.15) is 11.6 Å². The second-order valence-electron chi connectivity index (χ2n) is 6.89. The van der Waals surface area contributed by atoms with Crippen LogP contribution in [0, 0.1) is 0 Å². The molecule has 9 heteroatoms. The van der Waals surface area contributed by atoms with Gasteiger partial charge in [0.05, 0.1) is 24.8 Å². The number of para-hydroxylation sites is 2. The normalized spacial score (nSPS) is 13.6. The van der Waals surface area contributed by atoms with E-state index in [9.17, 15) is 4.79 Å². The number of nitrogens with zero attached hydrogens (tertiary/aromatic N) is 5. The first-order valence-corrected chi connectivity index (χ1v) is 9.32. The van der Waals surface area contributed by atoms with Gasteiger partial charge in [0.25, 0.3) is 5.89 Å². The van der Waals surface area contributed by atoms with Gasteiger partial charge in [-0.05, 0) is 37.1 Å². The van der Waals surface area contributed by atoms with Crippen molar-refractivity contribution in [1.29, 1.82) is 0 Å². The zero-order valence-corrected chi connectivity index (χ0v) is 15.7. The Hall–Kier alpha value is -3.75. The first-order chi connectivity index (χ1) is 14.2. The van der Waals surface area contributed by atoms with Gasteiger partial charge in [-0.25, -0.2) is 0 Å². The molecule has 0 atom stereocenters. The van der Waals surface area contributed by atoms with Crippen molar-refractivity contribution in [2.75, 3.05) is 12.4 Å². The van der Waals surface area contributed by atoms with Crippen LogP contribution in [0.25, 0.3) is 17.1 Å². The van der Waals surface area contributed by atoms with E-state index in [-0.39, 0.29) is 12.3 Å². The summed E-state index contributed by atoms with van der Waals surface area (Å²) >= 11 is 0. The van der Waals surface area contributed by atoms with E-state index in [1.165, 1.54) is 0 Å². The summed E-state index contributed by atoms with van der Waals surface area (Å²) in [6.45, 7) is 0. The van der Waals surface area contributed by atoms with Gasteiger partial charge in [0, 0.05) is 12.1 Å². The largest absolute Gasteiger partial charge is 0.495 e. The van der Waals surface area contributed by atoms with E-state index in [2.05, 4.69) is 25.7 Å². The Morgan fingerprint density at radius 3 is 2.93 bits per heavy atom. The van der Waals surface area contributed by atoms with Crippen molar-refractivity contribution in [2.24, 2.45) is 0 Å². The van der Waals surface area contributed by atoms with E-state index in [0.717, 1.165) is 18.7 Å². The van der Waals surface area contributed by atoms with Crippen molar-refractivity contribution < 1.29 is 14.1 Å². The molecule has 1 aliphatic carbocycles. The molecule has 29 heavy (non-hydrogen) atoms. The summed E-state index contributed by atoms with van der Waals surface area (Å²) in [5.74, 6) is 2.43. The summed E-state index contributed by atoms with van der Waals surface area (Å²) in [6.07, 6.45) is 4.06. The molecule has 9 nitrogen and oxygen atoms in total. The summed E-state index contributed by atoms with van der Waals surface area (Å²) in [5.41, 5.74) is 1.86. The molecule has 5 rings (SSSR count). The first kappa shape index (κ1) is 17.4. The lowest BCUT2D eigenvalue weighted by molar-refractivity contribution is -0.115. The summed E-state index contributed by atoms with van der Waals surface area (Å²) in [6, 6.07) is 10.9. The third-order valence-electron chi connectivity index (χ3n) is 4.82. The van der Waals surface area contributed by atoms with Crippen LogP contribution in [0.2, 0.25) is 0 Å². The van der Waals surface area contributed by atoms with E-state index in [0.29, 0.717) is 40.3 Å². The molecule has 0 aliphatic heterocycles. The van der Waals surface area contributed by atoms with Crippen molar-refractivity contribution in [3.05, 3.63) is 54.2 Å². The van der Waals surface area contributed by atoms with Gasteiger partial charge in [0.15, 0.2) is 11.5 Å². The number of anilines is 1. The van der Waals surface area contributed by atoms with Crippen LogP contribution in [0.3, 0.4) is 0 Å². The Morgan fingerprint density at radius 1 is 1.24 bits per heavy atom. The molecule has 1 aromatic carbocycles. The number of ether oxygens (including phenoxy) is 1. The Kier molecular flexibility index (Phi) is 4.19. The second kappa shape index (κ2) is 7.01. The summed E-state index contributed by atoms with van der Waals surface area (Å²) in [4.78, 5) is 17.0. The minimum Gasteiger partial charge on any atom is -0.495 e. The summed E-state index contributed by atoms with van der Waals surface area (Å²) < 4.78 is 12.4. The molecule has 1 fully saturated rings. The minimum absolute atomic E-state index is 0.0554. The van der Waals surface area contributed by atoms with Crippen molar-refractivity contribution in [1.82, 2.24) is 24.7 Å². The molecular formula is C20H18N6O3. The molecule has 3 heterocycles. The maximum atomic E-state index is 12.5. The van der Waals surface area contributed by atoms with E-state index >= 15 is 0 Å². The smallest absolute Gasteiger partial charge is 0.261 e. The standard InChI is InChI=1S/C20H18N6O3/c1-28-15-7-3-2-6-14(15)21-17(27)11-16-23-24-19-13(5-4-10-26(16)19)20-22-18(25-29-20)12-8-9-12/h2-7,10,12H,8-9,11H2,1H3,(H,21,27). The molecule has 146 valence electrons. The Bertz CT molecular complexity index is 1190. The van der Waals surface area contributed by atoms with E-state index in [1.807, 2.05) is 30.5 Å². The molecule has 0 saturated heterocycles. The fourth-order valence-electron chi connectivity index (χ4n) is 3.19. The van der Waals surface area contributed by atoms with Gasteiger partial charge in [0.2, 0.25) is 5.91 Å². The number of fused-ring (bicyclic) bond motifs is 1. The number of amides is 1. The van der Waals surface area contributed by atoms with Gasteiger partial charge in [-0.2, -0.15) is 4.98 Å². The third kappa shape index (κ3) is 3.31. The topological polar surface area (TPSA) is 107 Å². The Labute approximate surface area is 165 Å². The molecule has 0 bridgehead atoms. The highest BCUT2D eigenvalue weighted by Crippen LogP contribution is 2.39. The van der Waals surface area contributed by atoms with E-state index in [4.69, 9.17) is 9.26 Å². The lowest BCUT2D eigenvalue weighted by Gasteiger charge is -2.09. The lowest BCUT2D eigenvalue weighted by Crippen LogP contribution is -2.16. The van der Waals surface area contributed by atoms with Gasteiger partial charge in [-0.15, -0.1) is 10.2 Å².